The maximum absolute atomic E-state index is 11.1. The number of primary sulfonamides is 1. The smallest absolute Gasteiger partial charge is 0.417 e. The van der Waals surface area contributed by atoms with Crippen molar-refractivity contribution in [2.45, 2.75) is 11.6 Å². The van der Waals surface area contributed by atoms with Crippen LogP contribution >= 0.6 is 0 Å². The Bertz CT molecular complexity index is 951. The highest BCUT2D eigenvalue weighted by molar-refractivity contribution is 7.89. The van der Waals surface area contributed by atoms with E-state index in [1.54, 1.807) is 18.2 Å². The van der Waals surface area contributed by atoms with Crippen molar-refractivity contribution in [1.82, 2.24) is 4.98 Å². The van der Waals surface area contributed by atoms with Crippen molar-refractivity contribution in [2.24, 2.45) is 5.14 Å². The summed E-state index contributed by atoms with van der Waals surface area (Å²) >= 11 is 0. The zero-order chi connectivity index (χ0) is 15.0. The molecule has 0 atom stereocenters. The Balaban J connectivity index is 1.76. The number of fused-ring (bicyclic) bond motifs is 1. The Labute approximate surface area is 118 Å². The predicted octanol–water partition coefficient (Wildman–Crippen LogP) is 0.974. The molecule has 0 bridgehead atoms. The first-order valence-corrected chi connectivity index (χ1v) is 7.45. The summed E-state index contributed by atoms with van der Waals surface area (Å²) in [6, 6.07) is 7.88. The van der Waals surface area contributed by atoms with E-state index in [4.69, 9.17) is 14.0 Å². The molecule has 0 spiro atoms. The number of rotatable bonds is 4. The first-order chi connectivity index (χ1) is 9.91. The molecule has 0 saturated heterocycles. The van der Waals surface area contributed by atoms with Crippen LogP contribution in [-0.2, 0) is 16.6 Å². The molecule has 2 aromatic heterocycles. The van der Waals surface area contributed by atoms with Gasteiger partial charge in [0.15, 0.2) is 5.58 Å². The minimum Gasteiger partial charge on any atom is -0.446 e. The molecule has 9 heteroatoms. The molecule has 0 aliphatic carbocycles. The van der Waals surface area contributed by atoms with Crippen molar-refractivity contribution in [3.8, 4) is 0 Å². The van der Waals surface area contributed by atoms with Gasteiger partial charge in [-0.15, -0.1) is 0 Å². The van der Waals surface area contributed by atoms with Gasteiger partial charge in [-0.2, -0.15) is 0 Å². The fourth-order valence-electron chi connectivity index (χ4n) is 1.86. The van der Waals surface area contributed by atoms with Gasteiger partial charge < -0.3 is 14.2 Å². The maximum Gasteiger partial charge on any atom is 0.417 e. The van der Waals surface area contributed by atoms with Gasteiger partial charge in [0.2, 0.25) is 5.09 Å². The number of furan rings is 1. The number of oxazole rings is 1. The van der Waals surface area contributed by atoms with E-state index in [1.165, 1.54) is 12.1 Å². The van der Waals surface area contributed by atoms with Crippen LogP contribution in [0.3, 0.4) is 0 Å². The van der Waals surface area contributed by atoms with Crippen LogP contribution in [0.5, 0.6) is 0 Å². The number of nitrogens with one attached hydrogen (secondary N) is 2. The van der Waals surface area contributed by atoms with Gasteiger partial charge in [-0.05, 0) is 30.3 Å². The van der Waals surface area contributed by atoms with Crippen LogP contribution in [0.1, 0.15) is 5.76 Å². The Morgan fingerprint density at radius 1 is 1.19 bits per heavy atom. The molecule has 3 rings (SSSR count). The summed E-state index contributed by atoms with van der Waals surface area (Å²) in [4.78, 5) is 13.6. The highest BCUT2D eigenvalue weighted by atomic mass is 32.2. The molecule has 110 valence electrons. The lowest BCUT2D eigenvalue weighted by atomic mass is 10.3. The van der Waals surface area contributed by atoms with Crippen LogP contribution in [0.15, 0.2) is 49.1 Å². The molecule has 0 amide bonds. The number of benzene rings is 1. The molecule has 8 nitrogen and oxygen atoms in total. The molecule has 1 aromatic carbocycles. The van der Waals surface area contributed by atoms with Crippen molar-refractivity contribution in [3.05, 3.63) is 46.6 Å². The average molecular weight is 309 g/mol. The molecule has 0 unspecified atom stereocenters. The number of aromatic amines is 1. The van der Waals surface area contributed by atoms with Crippen LogP contribution < -0.4 is 16.2 Å². The average Bonchev–Trinajstić information content (AvgIpc) is 3.00. The highest BCUT2D eigenvalue weighted by Crippen LogP contribution is 2.18. The van der Waals surface area contributed by atoms with E-state index < -0.39 is 15.8 Å². The first kappa shape index (κ1) is 13.5. The topological polar surface area (TPSA) is 131 Å². The molecule has 4 N–H and O–H groups in total. The Morgan fingerprint density at radius 3 is 2.71 bits per heavy atom. The zero-order valence-electron chi connectivity index (χ0n) is 10.6. The number of H-pyrrole nitrogens is 1. The third-order valence-electron chi connectivity index (χ3n) is 2.80. The predicted molar refractivity (Wildman–Crippen MR) is 74.2 cm³/mol. The van der Waals surface area contributed by atoms with Gasteiger partial charge >= 0.3 is 5.76 Å². The second-order valence-electron chi connectivity index (χ2n) is 4.34. The van der Waals surface area contributed by atoms with Crippen LogP contribution in [0, 0.1) is 0 Å². The quantitative estimate of drug-likeness (QED) is 0.658. The molecule has 0 aliphatic heterocycles. The van der Waals surface area contributed by atoms with Crippen molar-refractivity contribution < 1.29 is 17.3 Å². The summed E-state index contributed by atoms with van der Waals surface area (Å²) in [6.07, 6.45) is 0. The Morgan fingerprint density at radius 2 is 2.00 bits per heavy atom. The SMILES string of the molecule is NS(=O)(=O)c1ccc(CNc2ccc3oc(=O)[nH]c3c2)o1. The van der Waals surface area contributed by atoms with Gasteiger partial charge in [0.1, 0.15) is 5.76 Å². The van der Waals surface area contributed by atoms with Crippen molar-refractivity contribution in [3.63, 3.8) is 0 Å². The molecule has 0 aliphatic rings. The molecular formula is C12H11N3O5S. The van der Waals surface area contributed by atoms with Crippen LogP contribution in [0.2, 0.25) is 0 Å². The summed E-state index contributed by atoms with van der Waals surface area (Å²) in [7, 11) is -3.84. The second-order valence-corrected chi connectivity index (χ2v) is 5.84. The number of hydrogen-bond donors (Lipinski definition) is 3. The summed E-state index contributed by atoms with van der Waals surface area (Å²) in [6.45, 7) is 0.267. The van der Waals surface area contributed by atoms with Gasteiger partial charge in [-0.25, -0.2) is 18.4 Å². The third-order valence-corrected chi connectivity index (χ3v) is 3.58. The van der Waals surface area contributed by atoms with E-state index in [2.05, 4.69) is 10.3 Å². The normalized spacial score (nSPS) is 11.9. The summed E-state index contributed by atoms with van der Waals surface area (Å²) in [5.41, 5.74) is 1.74. The molecule has 0 radical (unpaired) electrons. The molecular weight excluding hydrogens is 298 g/mol. The monoisotopic (exact) mass is 309 g/mol. The standard InChI is InChI=1S/C12H11N3O5S/c13-21(17,18)11-4-2-8(19-11)6-14-7-1-3-10-9(5-7)15-12(16)20-10/h1-5,14H,6H2,(H,15,16)(H2,13,17,18). The van der Waals surface area contributed by atoms with E-state index >= 15 is 0 Å². The van der Waals surface area contributed by atoms with Crippen molar-refractivity contribution in [1.29, 1.82) is 0 Å². The van der Waals surface area contributed by atoms with Gasteiger partial charge in [0, 0.05) is 5.69 Å². The molecule has 3 aromatic rings. The van der Waals surface area contributed by atoms with Gasteiger partial charge in [0.25, 0.3) is 10.0 Å². The van der Waals surface area contributed by atoms with Crippen molar-refractivity contribution >= 4 is 26.8 Å². The van der Waals surface area contributed by atoms with E-state index in [-0.39, 0.29) is 11.6 Å². The van der Waals surface area contributed by atoms with Crippen LogP contribution in [0.4, 0.5) is 5.69 Å². The lowest BCUT2D eigenvalue weighted by Gasteiger charge is -2.03. The highest BCUT2D eigenvalue weighted by Gasteiger charge is 2.13. The van der Waals surface area contributed by atoms with Gasteiger partial charge in [0.05, 0.1) is 12.1 Å². The third kappa shape index (κ3) is 2.83. The number of anilines is 1. The molecule has 21 heavy (non-hydrogen) atoms. The van der Waals surface area contributed by atoms with Gasteiger partial charge in [-0.1, -0.05) is 0 Å². The van der Waals surface area contributed by atoms with Crippen molar-refractivity contribution in [2.75, 3.05) is 5.32 Å². The summed E-state index contributed by atoms with van der Waals surface area (Å²) in [5.74, 6) is -0.106. The van der Waals surface area contributed by atoms with E-state index in [0.29, 0.717) is 22.5 Å². The van der Waals surface area contributed by atoms with Crippen LogP contribution in [0.25, 0.3) is 11.1 Å². The first-order valence-electron chi connectivity index (χ1n) is 5.90. The fourth-order valence-corrected chi connectivity index (χ4v) is 2.34. The zero-order valence-corrected chi connectivity index (χ0v) is 11.4. The van der Waals surface area contributed by atoms with E-state index in [1.807, 2.05) is 0 Å². The summed E-state index contributed by atoms with van der Waals surface area (Å²) < 4.78 is 32.2. The second kappa shape index (κ2) is 4.79. The Hall–Kier alpha value is -2.52. The van der Waals surface area contributed by atoms with E-state index in [0.717, 1.165) is 0 Å². The van der Waals surface area contributed by atoms with Crippen LogP contribution in [-0.4, -0.2) is 13.4 Å². The number of hydrogen-bond acceptors (Lipinski definition) is 6. The maximum atomic E-state index is 11.1. The molecule has 2 heterocycles. The Kier molecular flexibility index (Phi) is 3.07. The minimum atomic E-state index is -3.84. The summed E-state index contributed by atoms with van der Waals surface area (Å²) in [5, 5.41) is 7.71. The lowest BCUT2D eigenvalue weighted by Crippen LogP contribution is -2.10. The van der Waals surface area contributed by atoms with Gasteiger partial charge in [-0.3, -0.25) is 4.98 Å². The fraction of sp³-hybridized carbons (Fsp3) is 0.0833. The molecule has 0 fully saturated rings. The number of aromatic nitrogens is 1. The largest absolute Gasteiger partial charge is 0.446 e. The van der Waals surface area contributed by atoms with E-state index in [9.17, 15) is 13.2 Å². The molecule has 0 saturated carbocycles. The number of sulfonamides is 1. The lowest BCUT2D eigenvalue weighted by molar-refractivity contribution is 0.419. The minimum absolute atomic E-state index is 0.267. The number of nitrogens with two attached hydrogens (primary N) is 1.